The van der Waals surface area contributed by atoms with E-state index < -0.39 is 0 Å². The minimum Gasteiger partial charge on any atom is -0.300 e. The average Bonchev–Trinajstić information content (AvgIpc) is 1.62. The fraction of sp³-hybridized carbons (Fsp3) is 0.625. The van der Waals surface area contributed by atoms with Crippen LogP contribution in [0, 0.1) is 5.41 Å². The van der Waals surface area contributed by atoms with Gasteiger partial charge < -0.3 is 0 Å². The molecule has 1 heteroatoms. The fourth-order valence-electron chi connectivity index (χ4n) is 1.12. The van der Waals surface area contributed by atoms with Crippen molar-refractivity contribution in [1.29, 1.82) is 0 Å². The number of hydrogen-bond donors (Lipinski definition) is 0. The van der Waals surface area contributed by atoms with E-state index in [1.165, 1.54) is 0 Å². The smallest absolute Gasteiger partial charge is 0.134 e. The van der Waals surface area contributed by atoms with Crippen molar-refractivity contribution in [2.45, 2.75) is 26.7 Å². The van der Waals surface area contributed by atoms with Crippen LogP contribution in [0.4, 0.5) is 0 Å². The Morgan fingerprint density at radius 3 is 2.22 bits per heavy atom. The first-order valence-electron chi connectivity index (χ1n) is 3.22. The predicted octanol–water partition coefficient (Wildman–Crippen LogP) is 1.93. The van der Waals surface area contributed by atoms with Crippen LogP contribution < -0.4 is 0 Å². The van der Waals surface area contributed by atoms with Gasteiger partial charge in [-0.25, -0.2) is 0 Å². The summed E-state index contributed by atoms with van der Waals surface area (Å²) in [6, 6.07) is 0. The highest BCUT2D eigenvalue weighted by molar-refractivity contribution is 5.87. The Hall–Kier alpha value is -0.590. The summed E-state index contributed by atoms with van der Waals surface area (Å²) < 4.78 is 0. The molecule has 9 heavy (non-hydrogen) atoms. The molecule has 1 aliphatic carbocycles. The van der Waals surface area contributed by atoms with Crippen LogP contribution in [-0.2, 0) is 4.79 Å². The van der Waals surface area contributed by atoms with E-state index in [2.05, 4.69) is 13.5 Å². The Morgan fingerprint density at radius 2 is 2.11 bits per heavy atom. The van der Waals surface area contributed by atoms with Gasteiger partial charge in [-0.3, -0.25) is 4.79 Å². The van der Waals surface area contributed by atoms with Crippen molar-refractivity contribution in [3.05, 3.63) is 12.2 Å². The van der Waals surface area contributed by atoms with Gasteiger partial charge in [-0.05, 0) is 6.92 Å². The molecule has 0 aromatic heterocycles. The first-order chi connectivity index (χ1) is 4.04. The van der Waals surface area contributed by atoms with Gasteiger partial charge in [0.15, 0.2) is 0 Å². The maximum absolute atomic E-state index is 10.6. The van der Waals surface area contributed by atoms with Crippen LogP contribution in [0.25, 0.3) is 0 Å². The number of carbonyl (C=O) groups excluding carboxylic acids is 1. The summed E-state index contributed by atoms with van der Waals surface area (Å²) in [6.45, 7) is 7.92. The summed E-state index contributed by atoms with van der Waals surface area (Å²) in [5.74, 6) is 0.375. The molecule has 0 aliphatic heterocycles. The molecule has 1 fully saturated rings. The zero-order chi connectivity index (χ0) is 7.07. The molecule has 0 N–H and O–H groups in total. The molecule has 0 heterocycles. The summed E-state index contributed by atoms with van der Waals surface area (Å²) >= 11 is 0. The Bertz CT molecular complexity index is 159. The molecule has 0 atom stereocenters. The van der Waals surface area contributed by atoms with Crippen LogP contribution >= 0.6 is 0 Å². The van der Waals surface area contributed by atoms with E-state index >= 15 is 0 Å². The summed E-state index contributed by atoms with van der Waals surface area (Å²) in [6.07, 6.45) is 1.42. The molecule has 0 aromatic carbocycles. The van der Waals surface area contributed by atoms with Gasteiger partial charge in [-0.15, -0.1) is 0 Å². The highest BCUT2D eigenvalue weighted by atomic mass is 16.1. The highest BCUT2D eigenvalue weighted by Crippen LogP contribution is 2.42. The molecule has 0 spiro atoms. The molecule has 1 saturated carbocycles. The minimum atomic E-state index is 0.150. The van der Waals surface area contributed by atoms with Crippen LogP contribution in [0.2, 0.25) is 0 Å². The molecule has 0 saturated heterocycles. The SMILES string of the molecule is C=C(C)C1(C)CC(=O)C1. The number of Topliss-reactive ketones (excluding diaryl/α,β-unsaturated/α-hetero) is 1. The van der Waals surface area contributed by atoms with Gasteiger partial charge >= 0.3 is 0 Å². The maximum Gasteiger partial charge on any atom is 0.134 e. The highest BCUT2D eigenvalue weighted by Gasteiger charge is 2.39. The molecule has 50 valence electrons. The first-order valence-corrected chi connectivity index (χ1v) is 3.22. The molecule has 1 rings (SSSR count). The van der Waals surface area contributed by atoms with Crippen LogP contribution in [-0.4, -0.2) is 5.78 Å². The van der Waals surface area contributed by atoms with Gasteiger partial charge in [-0.1, -0.05) is 19.1 Å². The van der Waals surface area contributed by atoms with Gasteiger partial charge in [0.25, 0.3) is 0 Å². The lowest BCUT2D eigenvalue weighted by Crippen LogP contribution is -2.35. The van der Waals surface area contributed by atoms with Gasteiger partial charge in [0.1, 0.15) is 5.78 Å². The van der Waals surface area contributed by atoms with Crippen molar-refractivity contribution in [1.82, 2.24) is 0 Å². The predicted molar refractivity (Wildman–Crippen MR) is 37.2 cm³/mol. The molecular formula is C8H12O. The largest absolute Gasteiger partial charge is 0.300 e. The third-order valence-corrected chi connectivity index (χ3v) is 2.20. The molecule has 0 bridgehead atoms. The van der Waals surface area contributed by atoms with E-state index in [9.17, 15) is 4.79 Å². The zero-order valence-corrected chi connectivity index (χ0v) is 6.03. The lowest BCUT2D eigenvalue weighted by atomic mass is 9.66. The molecule has 1 nitrogen and oxygen atoms in total. The third-order valence-electron chi connectivity index (χ3n) is 2.20. The summed E-state index contributed by atoms with van der Waals surface area (Å²) in [5.41, 5.74) is 1.29. The van der Waals surface area contributed by atoms with Crippen molar-refractivity contribution in [2.24, 2.45) is 5.41 Å². The maximum atomic E-state index is 10.6. The first kappa shape index (κ1) is 6.53. The van der Waals surface area contributed by atoms with Crippen molar-refractivity contribution in [3.8, 4) is 0 Å². The third kappa shape index (κ3) is 0.913. The van der Waals surface area contributed by atoms with Crippen molar-refractivity contribution in [2.75, 3.05) is 0 Å². The quantitative estimate of drug-likeness (QED) is 0.488. The van der Waals surface area contributed by atoms with Crippen LogP contribution in [0.1, 0.15) is 26.7 Å². The van der Waals surface area contributed by atoms with Gasteiger partial charge in [0.05, 0.1) is 0 Å². The van der Waals surface area contributed by atoms with E-state index in [0.29, 0.717) is 18.6 Å². The molecule has 0 amide bonds. The monoisotopic (exact) mass is 124 g/mol. The average molecular weight is 124 g/mol. The van der Waals surface area contributed by atoms with E-state index in [0.717, 1.165) is 5.57 Å². The summed E-state index contributed by atoms with van der Waals surface area (Å²) in [4.78, 5) is 10.6. The zero-order valence-electron chi connectivity index (χ0n) is 6.03. The second-order valence-electron chi connectivity index (χ2n) is 3.23. The Labute approximate surface area is 55.8 Å². The van der Waals surface area contributed by atoms with Crippen LogP contribution in [0.15, 0.2) is 12.2 Å². The fourth-order valence-corrected chi connectivity index (χ4v) is 1.12. The number of carbonyl (C=O) groups is 1. The second kappa shape index (κ2) is 1.69. The topological polar surface area (TPSA) is 17.1 Å². The molecule has 0 unspecified atom stereocenters. The van der Waals surface area contributed by atoms with Gasteiger partial charge in [0, 0.05) is 18.3 Å². The standard InChI is InChI=1S/C8H12O/c1-6(2)8(3)4-7(9)5-8/h1,4-5H2,2-3H3. The number of rotatable bonds is 1. The number of ketones is 1. The van der Waals surface area contributed by atoms with E-state index in [1.54, 1.807) is 0 Å². The molecular weight excluding hydrogens is 112 g/mol. The Morgan fingerprint density at radius 1 is 1.67 bits per heavy atom. The van der Waals surface area contributed by atoms with E-state index in [4.69, 9.17) is 0 Å². The van der Waals surface area contributed by atoms with E-state index in [-0.39, 0.29) is 5.41 Å². The van der Waals surface area contributed by atoms with Crippen molar-refractivity contribution >= 4 is 5.78 Å². The van der Waals surface area contributed by atoms with Crippen molar-refractivity contribution in [3.63, 3.8) is 0 Å². The van der Waals surface area contributed by atoms with Crippen LogP contribution in [0.5, 0.6) is 0 Å². The van der Waals surface area contributed by atoms with E-state index in [1.807, 2.05) is 6.92 Å². The second-order valence-corrected chi connectivity index (χ2v) is 3.23. The lowest BCUT2D eigenvalue weighted by molar-refractivity contribution is -0.129. The lowest BCUT2D eigenvalue weighted by Gasteiger charge is -2.37. The van der Waals surface area contributed by atoms with Gasteiger partial charge in [-0.2, -0.15) is 0 Å². The molecule has 1 aliphatic rings. The summed E-state index contributed by atoms with van der Waals surface area (Å²) in [5, 5.41) is 0. The Balaban J connectivity index is 2.60. The molecule has 0 radical (unpaired) electrons. The van der Waals surface area contributed by atoms with Crippen molar-refractivity contribution < 1.29 is 4.79 Å². The Kier molecular flexibility index (Phi) is 1.23. The van der Waals surface area contributed by atoms with Gasteiger partial charge in [0.2, 0.25) is 0 Å². The van der Waals surface area contributed by atoms with Crippen LogP contribution in [0.3, 0.4) is 0 Å². The summed E-state index contributed by atoms with van der Waals surface area (Å²) in [7, 11) is 0. The normalized spacial score (nSPS) is 23.1. The number of hydrogen-bond acceptors (Lipinski definition) is 1. The minimum absolute atomic E-state index is 0.150. The number of allylic oxidation sites excluding steroid dienone is 1. The molecule has 0 aromatic rings.